The van der Waals surface area contributed by atoms with Gasteiger partial charge < -0.3 is 38.3 Å². The molecule has 1 aliphatic rings. The van der Waals surface area contributed by atoms with Crippen LogP contribution < -0.4 is 9.47 Å². The van der Waals surface area contributed by atoms with Gasteiger partial charge in [-0.3, -0.25) is 0 Å². The number of benzene rings is 5. The van der Waals surface area contributed by atoms with Crippen molar-refractivity contribution in [3.8, 4) is 11.5 Å². The number of ether oxygens (including phenoxy) is 7. The van der Waals surface area contributed by atoms with Crippen LogP contribution in [0.15, 0.2) is 140 Å². The van der Waals surface area contributed by atoms with E-state index >= 15 is 0 Å². The fourth-order valence-electron chi connectivity index (χ4n) is 7.21. The van der Waals surface area contributed by atoms with E-state index in [2.05, 4.69) is 36.9 Å². The summed E-state index contributed by atoms with van der Waals surface area (Å²) in [6.45, 7) is 8.64. The second kappa shape index (κ2) is 23.9. The van der Waals surface area contributed by atoms with Crippen LogP contribution in [0.4, 0.5) is 0 Å². The largest absolute Gasteiger partial charge is 0.494 e. The van der Waals surface area contributed by atoms with E-state index in [1.54, 1.807) is 6.08 Å². The minimum atomic E-state index is -0.685. The SMILES string of the molecule is C=CCOc1cc(Cl)c(Cc2ccc(OCC)cc2)cc1[C@@H]1O[C@H](COCCCCCO)[C@@H](OCc2ccccc2)[C@H](OCc2ccccc2)[C@H]1OCc1ccccc1. The lowest BCUT2D eigenvalue weighted by Crippen LogP contribution is -2.58. The van der Waals surface area contributed by atoms with E-state index in [0.29, 0.717) is 50.2 Å². The third-order valence-corrected chi connectivity index (χ3v) is 10.5. The minimum Gasteiger partial charge on any atom is -0.494 e. The van der Waals surface area contributed by atoms with Crippen LogP contribution in [-0.4, -0.2) is 62.6 Å². The van der Waals surface area contributed by atoms with Gasteiger partial charge in [0.2, 0.25) is 0 Å². The van der Waals surface area contributed by atoms with Crippen LogP contribution in [0.2, 0.25) is 5.02 Å². The Morgan fingerprint density at radius 3 is 1.85 bits per heavy atom. The lowest BCUT2D eigenvalue weighted by Gasteiger charge is -2.46. The molecule has 1 saturated heterocycles. The van der Waals surface area contributed by atoms with Crippen molar-refractivity contribution < 1.29 is 38.3 Å². The van der Waals surface area contributed by atoms with Crippen LogP contribution in [0, 0.1) is 0 Å². The second-order valence-corrected chi connectivity index (χ2v) is 15.0. The van der Waals surface area contributed by atoms with Gasteiger partial charge in [0.15, 0.2) is 0 Å². The van der Waals surface area contributed by atoms with Crippen molar-refractivity contribution in [1.29, 1.82) is 0 Å². The molecule has 0 radical (unpaired) electrons. The average molecular weight is 821 g/mol. The van der Waals surface area contributed by atoms with Crippen LogP contribution in [-0.2, 0) is 49.9 Å². The highest BCUT2D eigenvalue weighted by Crippen LogP contribution is 2.43. The summed E-state index contributed by atoms with van der Waals surface area (Å²) in [4.78, 5) is 0. The van der Waals surface area contributed by atoms with Gasteiger partial charge in [0, 0.05) is 23.8 Å². The number of unbranched alkanes of at least 4 members (excludes halogenated alkanes) is 2. The molecule has 0 bridgehead atoms. The molecule has 5 aromatic carbocycles. The zero-order valence-electron chi connectivity index (χ0n) is 34.0. The van der Waals surface area contributed by atoms with Gasteiger partial charge in [-0.2, -0.15) is 0 Å². The van der Waals surface area contributed by atoms with E-state index in [1.165, 1.54) is 0 Å². The Morgan fingerprint density at radius 1 is 0.678 bits per heavy atom. The first kappa shape index (κ1) is 44.1. The van der Waals surface area contributed by atoms with Crippen molar-refractivity contribution in [2.75, 3.05) is 33.0 Å². The molecule has 5 aromatic rings. The topological polar surface area (TPSA) is 84.8 Å². The molecule has 1 aliphatic heterocycles. The summed E-state index contributed by atoms with van der Waals surface area (Å²) in [5.41, 5.74) is 5.82. The zero-order chi connectivity index (χ0) is 41.1. The monoisotopic (exact) mass is 820 g/mol. The van der Waals surface area contributed by atoms with Gasteiger partial charge >= 0.3 is 0 Å². The van der Waals surface area contributed by atoms with Crippen molar-refractivity contribution in [1.82, 2.24) is 0 Å². The summed E-state index contributed by atoms with van der Waals surface area (Å²) in [6.07, 6.45) is 1.59. The maximum absolute atomic E-state index is 9.35. The van der Waals surface area contributed by atoms with Crippen molar-refractivity contribution in [3.05, 3.63) is 178 Å². The van der Waals surface area contributed by atoms with Gasteiger partial charge in [-0.1, -0.05) is 127 Å². The molecule has 312 valence electrons. The summed E-state index contributed by atoms with van der Waals surface area (Å²) in [5, 5.41) is 9.92. The molecule has 0 aromatic heterocycles. The summed E-state index contributed by atoms with van der Waals surface area (Å²) in [7, 11) is 0. The summed E-state index contributed by atoms with van der Waals surface area (Å²) >= 11 is 7.06. The van der Waals surface area contributed by atoms with E-state index in [4.69, 9.17) is 44.8 Å². The number of rotatable bonds is 24. The molecule has 8 nitrogen and oxygen atoms in total. The number of aliphatic hydroxyl groups is 1. The summed E-state index contributed by atoms with van der Waals surface area (Å²) < 4.78 is 46.5. The molecule has 1 fully saturated rings. The molecular formula is C50H57ClO8. The van der Waals surface area contributed by atoms with Gasteiger partial charge in [-0.25, -0.2) is 0 Å². The molecule has 6 rings (SSSR count). The standard InChI is InChI=1S/C50H57ClO8/c1-3-28-55-45-32-44(51)41(30-37-23-25-42(26-24-37)54-4-2)31-43(45)47-49(57-34-39-19-11-6-12-20-39)50(58-35-40-21-13-7-14-22-40)48(56-33-38-17-9-5-10-18-38)46(59-47)36-53-29-16-8-15-27-52/h3,5-7,9-14,17-26,31-32,46-50,52H,1,4,8,15-16,27-30,33-36H2,2H3/t46-,47+,48-,49+,50+/m1/s1. The summed E-state index contributed by atoms with van der Waals surface area (Å²) in [5.74, 6) is 1.38. The number of hydrogen-bond acceptors (Lipinski definition) is 8. The molecule has 59 heavy (non-hydrogen) atoms. The Kier molecular flexibility index (Phi) is 17.9. The zero-order valence-corrected chi connectivity index (χ0v) is 34.7. The number of aliphatic hydroxyl groups excluding tert-OH is 1. The third-order valence-electron chi connectivity index (χ3n) is 10.2. The van der Waals surface area contributed by atoms with Crippen molar-refractivity contribution >= 4 is 11.6 Å². The molecule has 0 saturated carbocycles. The number of halogens is 1. The Bertz CT molecular complexity index is 1940. The average Bonchev–Trinajstić information content (AvgIpc) is 3.27. The van der Waals surface area contributed by atoms with Gasteiger partial charge in [-0.15, -0.1) is 0 Å². The van der Waals surface area contributed by atoms with Crippen molar-refractivity contribution in [2.45, 2.75) is 82.9 Å². The molecule has 1 heterocycles. The highest BCUT2D eigenvalue weighted by molar-refractivity contribution is 6.31. The first-order valence-electron chi connectivity index (χ1n) is 20.6. The van der Waals surface area contributed by atoms with Gasteiger partial charge in [-0.05, 0) is 84.7 Å². The fraction of sp³-hybridized carbons (Fsp3) is 0.360. The Morgan fingerprint density at radius 2 is 1.27 bits per heavy atom. The van der Waals surface area contributed by atoms with Crippen LogP contribution >= 0.6 is 11.6 Å². The van der Waals surface area contributed by atoms with Crippen molar-refractivity contribution in [2.24, 2.45) is 0 Å². The molecule has 0 amide bonds. The Balaban J connectivity index is 1.43. The van der Waals surface area contributed by atoms with Crippen LogP contribution in [0.3, 0.4) is 0 Å². The Labute approximate surface area is 354 Å². The Hall–Kier alpha value is -4.51. The van der Waals surface area contributed by atoms with E-state index in [0.717, 1.165) is 58.4 Å². The smallest absolute Gasteiger partial charge is 0.127 e. The molecular weight excluding hydrogens is 764 g/mol. The second-order valence-electron chi connectivity index (χ2n) is 14.6. The molecule has 5 atom stereocenters. The van der Waals surface area contributed by atoms with Gasteiger partial charge in [0.1, 0.15) is 48.6 Å². The summed E-state index contributed by atoms with van der Waals surface area (Å²) in [6, 6.07) is 42.3. The van der Waals surface area contributed by atoms with Crippen molar-refractivity contribution in [3.63, 3.8) is 0 Å². The number of hydrogen-bond donors (Lipinski definition) is 1. The molecule has 0 spiro atoms. The van der Waals surface area contributed by atoms with Gasteiger partial charge in [0.25, 0.3) is 0 Å². The molecule has 0 aliphatic carbocycles. The molecule has 0 unspecified atom stereocenters. The highest BCUT2D eigenvalue weighted by Gasteiger charge is 2.50. The van der Waals surface area contributed by atoms with E-state index in [1.807, 2.05) is 104 Å². The van der Waals surface area contributed by atoms with E-state index in [-0.39, 0.29) is 19.8 Å². The molecule has 9 heteroatoms. The van der Waals surface area contributed by atoms with Gasteiger partial charge in [0.05, 0.1) is 33.0 Å². The van der Waals surface area contributed by atoms with E-state index in [9.17, 15) is 5.11 Å². The highest BCUT2D eigenvalue weighted by atomic mass is 35.5. The lowest BCUT2D eigenvalue weighted by atomic mass is 9.88. The normalized spacial score (nSPS) is 19.0. The third kappa shape index (κ3) is 13.2. The lowest BCUT2D eigenvalue weighted by molar-refractivity contribution is -0.274. The van der Waals surface area contributed by atoms with E-state index < -0.39 is 30.5 Å². The van der Waals surface area contributed by atoms with Crippen LogP contribution in [0.1, 0.15) is 65.7 Å². The predicted molar refractivity (Wildman–Crippen MR) is 232 cm³/mol. The quantitative estimate of drug-likeness (QED) is 0.0487. The predicted octanol–water partition coefficient (Wildman–Crippen LogP) is 10.3. The first-order chi connectivity index (χ1) is 29.1. The maximum atomic E-state index is 9.35. The molecule has 1 N–H and O–H groups in total. The minimum absolute atomic E-state index is 0.158. The fourth-order valence-corrected chi connectivity index (χ4v) is 7.43. The maximum Gasteiger partial charge on any atom is 0.127 e. The van der Waals surface area contributed by atoms with Crippen LogP contribution in [0.5, 0.6) is 11.5 Å². The first-order valence-corrected chi connectivity index (χ1v) is 21.0. The van der Waals surface area contributed by atoms with Crippen LogP contribution in [0.25, 0.3) is 0 Å².